The third-order valence-corrected chi connectivity index (χ3v) is 4.61. The second-order valence-corrected chi connectivity index (χ2v) is 6.75. The molecule has 5 heteroatoms. The number of amidine groups is 1. The highest BCUT2D eigenvalue weighted by molar-refractivity contribution is 7.99. The highest BCUT2D eigenvalue weighted by Crippen LogP contribution is 2.28. The van der Waals surface area contributed by atoms with Gasteiger partial charge in [0, 0.05) is 5.69 Å². The van der Waals surface area contributed by atoms with E-state index in [2.05, 4.69) is 25.1 Å². The fourth-order valence-electron chi connectivity index (χ4n) is 2.35. The first-order chi connectivity index (χ1) is 9.61. The minimum atomic E-state index is 0.165. The quantitative estimate of drug-likeness (QED) is 0.287. The van der Waals surface area contributed by atoms with E-state index < -0.39 is 0 Å². The number of aryl methyl sites for hydroxylation is 2. The lowest BCUT2D eigenvalue weighted by molar-refractivity contribution is 0.318. The Bertz CT molecular complexity index is 500. The van der Waals surface area contributed by atoms with E-state index in [-0.39, 0.29) is 5.84 Å². The van der Waals surface area contributed by atoms with Crippen LogP contribution in [0.15, 0.2) is 16.2 Å². The molecule has 110 valence electrons. The topological polar surface area (TPSA) is 71.5 Å². The molecule has 0 amide bonds. The Morgan fingerprint density at radius 3 is 2.90 bits per heavy atom. The molecular formula is C15H23N3OS. The molecule has 0 fully saturated rings. The van der Waals surface area contributed by atoms with Crippen LogP contribution in [0, 0.1) is 5.92 Å². The highest BCUT2D eigenvalue weighted by Gasteiger charge is 2.17. The summed E-state index contributed by atoms with van der Waals surface area (Å²) in [4.78, 5) is 4.77. The van der Waals surface area contributed by atoms with Crippen LogP contribution in [-0.2, 0) is 12.8 Å². The van der Waals surface area contributed by atoms with Crippen LogP contribution >= 0.6 is 11.8 Å². The van der Waals surface area contributed by atoms with Gasteiger partial charge >= 0.3 is 0 Å². The van der Waals surface area contributed by atoms with E-state index in [1.165, 1.54) is 24.1 Å². The zero-order valence-corrected chi connectivity index (χ0v) is 13.0. The van der Waals surface area contributed by atoms with Crippen molar-refractivity contribution >= 4 is 17.6 Å². The molecule has 0 saturated heterocycles. The molecule has 0 radical (unpaired) electrons. The van der Waals surface area contributed by atoms with E-state index in [4.69, 9.17) is 15.9 Å². The van der Waals surface area contributed by atoms with Crippen molar-refractivity contribution in [1.82, 2.24) is 4.98 Å². The predicted octanol–water partition coefficient (Wildman–Crippen LogP) is 3.19. The van der Waals surface area contributed by atoms with E-state index in [1.54, 1.807) is 11.8 Å². The third-order valence-electron chi connectivity index (χ3n) is 3.58. The summed E-state index contributed by atoms with van der Waals surface area (Å²) in [5.74, 6) is 1.85. The second-order valence-electron chi connectivity index (χ2n) is 5.67. The van der Waals surface area contributed by atoms with Crippen molar-refractivity contribution in [1.29, 1.82) is 0 Å². The number of rotatable bonds is 5. The number of fused-ring (bicyclic) bond motifs is 1. The first kappa shape index (κ1) is 15.2. The molecule has 20 heavy (non-hydrogen) atoms. The fourth-order valence-corrected chi connectivity index (χ4v) is 3.63. The van der Waals surface area contributed by atoms with Crippen molar-refractivity contribution in [2.75, 3.05) is 5.75 Å². The summed E-state index contributed by atoms with van der Waals surface area (Å²) in [5.41, 5.74) is 9.03. The molecule has 2 rings (SSSR count). The fraction of sp³-hybridized carbons (Fsp3) is 0.600. The van der Waals surface area contributed by atoms with Crippen LogP contribution in [0.4, 0.5) is 0 Å². The van der Waals surface area contributed by atoms with E-state index in [0.29, 0.717) is 5.92 Å². The van der Waals surface area contributed by atoms with Crippen LogP contribution in [0.5, 0.6) is 0 Å². The smallest absolute Gasteiger partial charge is 0.172 e. The van der Waals surface area contributed by atoms with Gasteiger partial charge in [-0.15, -0.1) is 11.8 Å². The molecule has 0 aliphatic heterocycles. The summed E-state index contributed by atoms with van der Waals surface area (Å²) in [6.07, 6.45) is 5.64. The first-order valence-electron chi connectivity index (χ1n) is 7.25. The van der Waals surface area contributed by atoms with Crippen molar-refractivity contribution in [3.8, 4) is 0 Å². The van der Waals surface area contributed by atoms with Gasteiger partial charge in [-0.05, 0) is 55.4 Å². The van der Waals surface area contributed by atoms with Crippen LogP contribution in [0.2, 0.25) is 0 Å². The molecule has 0 spiro atoms. The van der Waals surface area contributed by atoms with Gasteiger partial charge in [-0.2, -0.15) is 0 Å². The molecule has 1 aliphatic rings. The van der Waals surface area contributed by atoms with Gasteiger partial charge in [0.05, 0.1) is 5.56 Å². The number of thioether (sulfide) groups is 1. The largest absolute Gasteiger partial charge is 0.409 e. The molecule has 1 aromatic heterocycles. The molecule has 0 saturated carbocycles. The summed E-state index contributed by atoms with van der Waals surface area (Å²) in [6.45, 7) is 4.43. The zero-order valence-electron chi connectivity index (χ0n) is 12.2. The molecule has 0 atom stereocenters. The van der Waals surface area contributed by atoms with Crippen molar-refractivity contribution in [3.05, 3.63) is 22.9 Å². The van der Waals surface area contributed by atoms with Gasteiger partial charge < -0.3 is 10.9 Å². The number of aromatic nitrogens is 1. The van der Waals surface area contributed by atoms with Crippen molar-refractivity contribution in [2.24, 2.45) is 16.8 Å². The molecular weight excluding hydrogens is 270 g/mol. The van der Waals surface area contributed by atoms with Crippen LogP contribution in [0.25, 0.3) is 0 Å². The summed E-state index contributed by atoms with van der Waals surface area (Å²) in [5, 5.41) is 13.0. The Balaban J connectivity index is 2.27. The van der Waals surface area contributed by atoms with E-state index >= 15 is 0 Å². The van der Waals surface area contributed by atoms with Gasteiger partial charge in [-0.1, -0.05) is 19.0 Å². The molecule has 1 aromatic rings. The number of nitrogens with zero attached hydrogens (tertiary/aromatic N) is 2. The van der Waals surface area contributed by atoms with Crippen LogP contribution < -0.4 is 5.73 Å². The number of hydrogen-bond donors (Lipinski definition) is 2. The molecule has 0 bridgehead atoms. The monoisotopic (exact) mass is 293 g/mol. The lowest BCUT2D eigenvalue weighted by atomic mass is 9.95. The van der Waals surface area contributed by atoms with Gasteiger partial charge in [0.2, 0.25) is 0 Å². The minimum absolute atomic E-state index is 0.165. The van der Waals surface area contributed by atoms with E-state index in [0.717, 1.165) is 35.6 Å². The maximum atomic E-state index is 8.96. The van der Waals surface area contributed by atoms with Crippen molar-refractivity contribution in [3.63, 3.8) is 0 Å². The Morgan fingerprint density at radius 2 is 2.20 bits per heavy atom. The lowest BCUT2D eigenvalue weighted by Crippen LogP contribution is -2.18. The van der Waals surface area contributed by atoms with Crippen molar-refractivity contribution in [2.45, 2.75) is 51.0 Å². The summed E-state index contributed by atoms with van der Waals surface area (Å²) in [7, 11) is 0. The number of pyridine rings is 1. The second kappa shape index (κ2) is 6.97. The number of nitrogens with two attached hydrogens (primary N) is 1. The van der Waals surface area contributed by atoms with Crippen LogP contribution in [0.1, 0.15) is 49.9 Å². The molecule has 0 unspecified atom stereocenters. The third kappa shape index (κ3) is 3.66. The van der Waals surface area contributed by atoms with E-state index in [9.17, 15) is 0 Å². The number of hydrogen-bond acceptors (Lipinski definition) is 4. The van der Waals surface area contributed by atoms with Crippen LogP contribution in [0.3, 0.4) is 0 Å². The summed E-state index contributed by atoms with van der Waals surface area (Å²) >= 11 is 1.71. The molecule has 0 aromatic carbocycles. The highest BCUT2D eigenvalue weighted by atomic mass is 32.2. The summed E-state index contributed by atoms with van der Waals surface area (Å²) < 4.78 is 0. The maximum absolute atomic E-state index is 8.96. The molecule has 1 aliphatic carbocycles. The Morgan fingerprint density at radius 1 is 1.45 bits per heavy atom. The van der Waals surface area contributed by atoms with Gasteiger partial charge in [-0.25, -0.2) is 4.98 Å². The lowest BCUT2D eigenvalue weighted by Gasteiger charge is -2.18. The Hall–Kier alpha value is -1.23. The van der Waals surface area contributed by atoms with Gasteiger partial charge in [0.1, 0.15) is 5.03 Å². The zero-order chi connectivity index (χ0) is 14.5. The van der Waals surface area contributed by atoms with Crippen molar-refractivity contribution < 1.29 is 5.21 Å². The Labute approximate surface area is 124 Å². The summed E-state index contributed by atoms with van der Waals surface area (Å²) in [6, 6.07) is 2.06. The SMILES string of the molecule is CC(C)CCSc1nc2c(cc1C(N)=NO)CCCC2. The standard InChI is InChI=1S/C15H23N3OS/c1-10(2)7-8-20-15-12(14(16)18-19)9-11-5-3-4-6-13(11)17-15/h9-10,19H,3-8H2,1-2H3,(H2,16,18). The van der Waals surface area contributed by atoms with Gasteiger partial charge in [0.25, 0.3) is 0 Å². The molecule has 3 N–H and O–H groups in total. The van der Waals surface area contributed by atoms with Gasteiger partial charge in [-0.3, -0.25) is 0 Å². The average Bonchev–Trinajstić information content (AvgIpc) is 2.45. The normalized spacial score (nSPS) is 15.4. The predicted molar refractivity (Wildman–Crippen MR) is 83.6 cm³/mol. The van der Waals surface area contributed by atoms with Crippen LogP contribution in [-0.4, -0.2) is 21.8 Å². The van der Waals surface area contributed by atoms with E-state index in [1.807, 2.05) is 0 Å². The number of oxime groups is 1. The minimum Gasteiger partial charge on any atom is -0.409 e. The first-order valence-corrected chi connectivity index (χ1v) is 8.24. The molecule has 1 heterocycles. The maximum Gasteiger partial charge on any atom is 0.172 e. The average molecular weight is 293 g/mol. The Kier molecular flexibility index (Phi) is 5.29. The molecule has 4 nitrogen and oxygen atoms in total. The van der Waals surface area contributed by atoms with Gasteiger partial charge in [0.15, 0.2) is 5.84 Å².